The molecule has 2 atom stereocenters. The SMILES string of the molecule is C=O.CC.CC.CCC(=O)C1=C(C2=CC3=C(C2)C(=O)C(CC)C(C(C)(F)F)=C3)NC(C(C)=O)C=C1. The minimum Gasteiger partial charge on any atom is -0.371 e. The Morgan fingerprint density at radius 3 is 2.14 bits per heavy atom. The second-order valence-electron chi connectivity index (χ2n) is 7.75. The second kappa shape index (κ2) is 14.4. The van der Waals surface area contributed by atoms with Crippen molar-refractivity contribution in [2.45, 2.75) is 86.6 Å². The first-order valence-electron chi connectivity index (χ1n) is 12.2. The molecule has 194 valence electrons. The summed E-state index contributed by atoms with van der Waals surface area (Å²) in [6, 6.07) is -0.567. The van der Waals surface area contributed by atoms with Gasteiger partial charge in [0.1, 0.15) is 12.8 Å². The second-order valence-corrected chi connectivity index (χ2v) is 7.75. The standard InChI is InChI=1S/C23H25F2NO3.2C2H6.CH2O/c1-5-15-18(23(4,24)25)11-13-9-14(10-17(13)22(15)29)21-16(20(28)6-2)7-8-19(26-21)12(3)27;3*1-2/h7-9,11,15,19,26H,5-6,10H2,1-4H3;2*1-2H3;1H2. The molecule has 0 spiro atoms. The van der Waals surface area contributed by atoms with Crippen LogP contribution in [0.3, 0.4) is 0 Å². The number of rotatable bonds is 6. The molecule has 0 aromatic rings. The summed E-state index contributed by atoms with van der Waals surface area (Å²) in [7, 11) is 0. The van der Waals surface area contributed by atoms with Gasteiger partial charge in [0, 0.05) is 48.1 Å². The Morgan fingerprint density at radius 2 is 1.69 bits per heavy atom. The number of alkyl halides is 2. The molecule has 0 saturated heterocycles. The zero-order chi connectivity index (χ0) is 27.5. The van der Waals surface area contributed by atoms with Crippen LogP contribution in [0.25, 0.3) is 0 Å². The lowest BCUT2D eigenvalue weighted by atomic mass is 9.79. The van der Waals surface area contributed by atoms with E-state index in [0.29, 0.717) is 40.8 Å². The predicted octanol–water partition coefficient (Wildman–Crippen LogP) is 6.02. The van der Waals surface area contributed by atoms with Crippen LogP contribution in [-0.4, -0.2) is 36.1 Å². The lowest BCUT2D eigenvalue weighted by molar-refractivity contribution is -0.120. The Morgan fingerprint density at radius 1 is 1.11 bits per heavy atom. The normalized spacial score (nSPS) is 20.6. The van der Waals surface area contributed by atoms with E-state index in [-0.39, 0.29) is 29.3 Å². The molecule has 0 aromatic heterocycles. The first kappa shape index (κ1) is 32.0. The molecule has 0 amide bonds. The van der Waals surface area contributed by atoms with Crippen molar-refractivity contribution in [3.63, 3.8) is 0 Å². The van der Waals surface area contributed by atoms with Crippen molar-refractivity contribution in [1.29, 1.82) is 0 Å². The number of allylic oxidation sites excluding steroid dienone is 8. The lowest BCUT2D eigenvalue weighted by Gasteiger charge is -2.27. The maximum absolute atomic E-state index is 14.1. The minimum absolute atomic E-state index is 0.0920. The van der Waals surface area contributed by atoms with Crippen molar-refractivity contribution in [3.8, 4) is 0 Å². The highest BCUT2D eigenvalue weighted by Crippen LogP contribution is 2.43. The highest BCUT2D eigenvalue weighted by molar-refractivity contribution is 6.05. The number of dihydropyridines is 1. The van der Waals surface area contributed by atoms with E-state index in [1.807, 2.05) is 34.5 Å². The maximum Gasteiger partial charge on any atom is 0.267 e. The van der Waals surface area contributed by atoms with E-state index in [4.69, 9.17) is 4.79 Å². The first-order chi connectivity index (χ1) is 16.6. The molecule has 5 nitrogen and oxygen atoms in total. The van der Waals surface area contributed by atoms with E-state index in [1.165, 1.54) is 13.0 Å². The molecule has 0 radical (unpaired) electrons. The van der Waals surface area contributed by atoms with Crippen molar-refractivity contribution in [1.82, 2.24) is 5.32 Å². The molecule has 2 aliphatic carbocycles. The number of hydrogen-bond acceptors (Lipinski definition) is 5. The molecule has 1 heterocycles. The minimum atomic E-state index is -3.08. The Kier molecular flexibility index (Phi) is 13.2. The number of ketones is 3. The highest BCUT2D eigenvalue weighted by Gasteiger charge is 2.42. The van der Waals surface area contributed by atoms with Crippen LogP contribution in [-0.2, 0) is 19.2 Å². The molecule has 1 aliphatic heterocycles. The molecule has 3 rings (SSSR count). The molecule has 0 saturated carbocycles. The average Bonchev–Trinajstić information content (AvgIpc) is 3.31. The van der Waals surface area contributed by atoms with Gasteiger partial charge in [0.05, 0.1) is 0 Å². The van der Waals surface area contributed by atoms with E-state index in [2.05, 4.69) is 5.32 Å². The molecule has 1 N–H and O–H groups in total. The van der Waals surface area contributed by atoms with Gasteiger partial charge < -0.3 is 10.1 Å². The van der Waals surface area contributed by atoms with Crippen LogP contribution in [0.5, 0.6) is 0 Å². The summed E-state index contributed by atoms with van der Waals surface area (Å²) in [5.74, 6) is -4.40. The van der Waals surface area contributed by atoms with Crippen LogP contribution in [0.15, 0.2) is 57.9 Å². The molecule has 7 heteroatoms. The van der Waals surface area contributed by atoms with Crippen molar-refractivity contribution in [3.05, 3.63) is 57.9 Å². The lowest BCUT2D eigenvalue weighted by Crippen LogP contribution is -2.37. The van der Waals surface area contributed by atoms with Crippen LogP contribution in [0.4, 0.5) is 8.78 Å². The van der Waals surface area contributed by atoms with Crippen LogP contribution < -0.4 is 5.32 Å². The number of nitrogens with one attached hydrogen (secondary N) is 1. The maximum atomic E-state index is 14.1. The van der Waals surface area contributed by atoms with Crippen molar-refractivity contribution < 1.29 is 28.0 Å². The smallest absolute Gasteiger partial charge is 0.267 e. The van der Waals surface area contributed by atoms with Gasteiger partial charge in [-0.05, 0) is 36.6 Å². The van der Waals surface area contributed by atoms with Crippen molar-refractivity contribution in [2.75, 3.05) is 0 Å². The van der Waals surface area contributed by atoms with Gasteiger partial charge in [0.2, 0.25) is 0 Å². The summed E-state index contributed by atoms with van der Waals surface area (Å²) in [6.45, 7) is 15.7. The third-order valence-electron chi connectivity index (χ3n) is 5.67. The number of halogens is 2. The van der Waals surface area contributed by atoms with Gasteiger partial charge in [-0.1, -0.05) is 53.7 Å². The van der Waals surface area contributed by atoms with Gasteiger partial charge in [0.25, 0.3) is 5.92 Å². The fraction of sp³-hybridized carbons (Fsp3) is 0.500. The number of Topliss-reactive ketones (excluding diaryl/α,β-unsaturated/α-hetero) is 3. The van der Waals surface area contributed by atoms with E-state index in [0.717, 1.165) is 6.92 Å². The fourth-order valence-corrected chi connectivity index (χ4v) is 4.08. The van der Waals surface area contributed by atoms with Gasteiger partial charge in [-0.2, -0.15) is 0 Å². The number of hydrogen-bond donors (Lipinski definition) is 1. The number of carbonyl (C=O) groups is 4. The summed E-state index contributed by atoms with van der Waals surface area (Å²) < 4.78 is 28.2. The topological polar surface area (TPSA) is 80.3 Å². The van der Waals surface area contributed by atoms with Crippen LogP contribution in [0.1, 0.15) is 74.7 Å². The van der Waals surface area contributed by atoms with E-state index in [1.54, 1.807) is 32.1 Å². The fourth-order valence-electron chi connectivity index (χ4n) is 4.08. The number of carbonyl (C=O) groups excluding carboxylic acids is 4. The molecule has 0 fully saturated rings. The van der Waals surface area contributed by atoms with Crippen LogP contribution in [0.2, 0.25) is 0 Å². The molecular weight excluding hydrogens is 452 g/mol. The molecule has 0 bridgehead atoms. The largest absolute Gasteiger partial charge is 0.371 e. The molecule has 3 aliphatic rings. The molecule has 2 unspecified atom stereocenters. The quantitative estimate of drug-likeness (QED) is 0.491. The first-order valence-corrected chi connectivity index (χ1v) is 12.2. The Balaban J connectivity index is 0.00000179. The van der Waals surface area contributed by atoms with Crippen molar-refractivity contribution in [2.24, 2.45) is 5.92 Å². The monoisotopic (exact) mass is 491 g/mol. The summed E-state index contributed by atoms with van der Waals surface area (Å²) in [5.41, 5.74) is 2.42. The Labute approximate surface area is 208 Å². The van der Waals surface area contributed by atoms with Gasteiger partial charge >= 0.3 is 0 Å². The summed E-state index contributed by atoms with van der Waals surface area (Å²) in [4.78, 5) is 45.2. The average molecular weight is 492 g/mol. The molecule has 0 aromatic carbocycles. The zero-order valence-electron chi connectivity index (χ0n) is 22.2. The third-order valence-corrected chi connectivity index (χ3v) is 5.67. The summed E-state index contributed by atoms with van der Waals surface area (Å²) in [5, 5.41) is 3.10. The van der Waals surface area contributed by atoms with Gasteiger partial charge in [-0.3, -0.25) is 14.4 Å². The zero-order valence-corrected chi connectivity index (χ0v) is 22.2. The van der Waals surface area contributed by atoms with E-state index < -0.39 is 17.9 Å². The summed E-state index contributed by atoms with van der Waals surface area (Å²) >= 11 is 0. The predicted molar refractivity (Wildman–Crippen MR) is 136 cm³/mol. The summed E-state index contributed by atoms with van der Waals surface area (Å²) in [6.07, 6.45) is 7.23. The van der Waals surface area contributed by atoms with Gasteiger partial charge in [-0.15, -0.1) is 0 Å². The van der Waals surface area contributed by atoms with Crippen molar-refractivity contribution >= 4 is 24.1 Å². The van der Waals surface area contributed by atoms with Gasteiger partial charge in [0.15, 0.2) is 17.3 Å². The van der Waals surface area contributed by atoms with Gasteiger partial charge in [-0.25, -0.2) is 8.78 Å². The molecular formula is C28H39F2NO4. The third kappa shape index (κ3) is 7.26. The highest BCUT2D eigenvalue weighted by atomic mass is 19.3. The Hall–Kier alpha value is -2.96. The Bertz CT molecular complexity index is 962. The van der Waals surface area contributed by atoms with E-state index >= 15 is 0 Å². The van der Waals surface area contributed by atoms with E-state index in [9.17, 15) is 23.2 Å². The van der Waals surface area contributed by atoms with Crippen LogP contribution >= 0.6 is 0 Å². The van der Waals surface area contributed by atoms with Crippen LogP contribution in [0, 0.1) is 5.92 Å². The molecule has 35 heavy (non-hydrogen) atoms.